The fourth-order valence-corrected chi connectivity index (χ4v) is 3.87. The first-order valence-corrected chi connectivity index (χ1v) is 8.79. The number of likely N-dealkylation sites (tertiary alicyclic amines) is 1. The smallest absolute Gasteiger partial charge is 0.237 e. The van der Waals surface area contributed by atoms with Gasteiger partial charge in [0, 0.05) is 12.5 Å². The van der Waals surface area contributed by atoms with Crippen LogP contribution in [0.3, 0.4) is 0 Å². The van der Waals surface area contributed by atoms with Crippen LogP contribution in [-0.4, -0.2) is 42.2 Å². The van der Waals surface area contributed by atoms with Gasteiger partial charge in [0.05, 0.1) is 19.2 Å². The van der Waals surface area contributed by atoms with E-state index in [0.717, 1.165) is 25.7 Å². The average Bonchev–Trinajstić information content (AvgIpc) is 3.02. The number of hydrogen-bond acceptors (Lipinski definition) is 3. The summed E-state index contributed by atoms with van der Waals surface area (Å²) in [5.41, 5.74) is 1.40. The van der Waals surface area contributed by atoms with Crippen molar-refractivity contribution < 1.29 is 9.18 Å². The van der Waals surface area contributed by atoms with E-state index in [1.54, 1.807) is 0 Å². The van der Waals surface area contributed by atoms with Crippen LogP contribution in [0.4, 0.5) is 4.39 Å². The number of nitrogens with zero attached hydrogens (tertiary/aromatic N) is 2. The fraction of sp³-hybridized carbons (Fsp3) is 0.579. The molecule has 1 aromatic carbocycles. The molecule has 1 amide bonds. The van der Waals surface area contributed by atoms with Crippen LogP contribution in [-0.2, 0) is 4.79 Å². The molecule has 0 unspecified atom stereocenters. The number of carbonyl (C=O) groups excluding carboxylic acids is 1. The van der Waals surface area contributed by atoms with Crippen molar-refractivity contribution in [3.05, 3.63) is 35.9 Å². The number of benzene rings is 1. The summed E-state index contributed by atoms with van der Waals surface area (Å²) in [6.45, 7) is 0.255. The number of nitrogens with one attached hydrogen (secondary N) is 1. The molecule has 1 saturated carbocycles. The topological polar surface area (TPSA) is 56.1 Å². The molecular formula is C19H24FN3O. The molecule has 128 valence electrons. The van der Waals surface area contributed by atoms with Crippen LogP contribution in [0.5, 0.6) is 0 Å². The molecule has 5 heteroatoms. The SMILES string of the molecule is N#C[C@@H]1C[C@H](F)CN1C(=O)CN[C@H]1CC[C@H](c2ccccc2)CC1. The highest BCUT2D eigenvalue weighted by molar-refractivity contribution is 5.79. The molecule has 3 rings (SSSR count). The minimum absolute atomic E-state index is 0.0550. The lowest BCUT2D eigenvalue weighted by Gasteiger charge is -2.30. The maximum absolute atomic E-state index is 13.4. The number of alkyl halides is 1. The standard InChI is InChI=1S/C19H24FN3O/c20-16-10-18(11-21)23(13-16)19(24)12-22-17-8-6-15(7-9-17)14-4-2-1-3-5-14/h1-5,15-18,22H,6-10,12-13H2/t15-,16-,17-,18-/m0/s1. The molecule has 1 N–H and O–H groups in total. The molecule has 4 nitrogen and oxygen atoms in total. The molecule has 2 aliphatic rings. The summed E-state index contributed by atoms with van der Waals surface area (Å²) in [5, 5.41) is 12.3. The van der Waals surface area contributed by atoms with E-state index in [9.17, 15) is 9.18 Å². The predicted molar refractivity (Wildman–Crippen MR) is 90.1 cm³/mol. The first kappa shape index (κ1) is 16.9. The van der Waals surface area contributed by atoms with E-state index in [-0.39, 0.29) is 25.4 Å². The maximum Gasteiger partial charge on any atom is 0.237 e. The van der Waals surface area contributed by atoms with Crippen LogP contribution < -0.4 is 5.32 Å². The molecule has 2 fully saturated rings. The van der Waals surface area contributed by atoms with Crippen molar-refractivity contribution in [2.45, 2.75) is 56.3 Å². The van der Waals surface area contributed by atoms with E-state index in [4.69, 9.17) is 5.26 Å². The van der Waals surface area contributed by atoms with Gasteiger partial charge in [0.2, 0.25) is 5.91 Å². The van der Waals surface area contributed by atoms with Gasteiger partial charge < -0.3 is 10.2 Å². The molecule has 0 aromatic heterocycles. The Hall–Kier alpha value is -1.93. The Morgan fingerprint density at radius 2 is 1.96 bits per heavy atom. The lowest BCUT2D eigenvalue weighted by atomic mass is 9.82. The largest absolute Gasteiger partial charge is 0.323 e. The van der Waals surface area contributed by atoms with E-state index in [1.807, 2.05) is 12.1 Å². The van der Waals surface area contributed by atoms with Crippen molar-refractivity contribution in [2.24, 2.45) is 0 Å². The number of hydrogen-bond donors (Lipinski definition) is 1. The van der Waals surface area contributed by atoms with Crippen LogP contribution in [0.2, 0.25) is 0 Å². The third kappa shape index (κ3) is 3.93. The van der Waals surface area contributed by atoms with Gasteiger partial charge in [-0.25, -0.2) is 4.39 Å². The van der Waals surface area contributed by atoms with Crippen molar-refractivity contribution in [2.75, 3.05) is 13.1 Å². The summed E-state index contributed by atoms with van der Waals surface area (Å²) in [5.74, 6) is 0.445. The van der Waals surface area contributed by atoms with Crippen LogP contribution in [0.25, 0.3) is 0 Å². The second-order valence-corrected chi connectivity index (χ2v) is 6.86. The molecular weight excluding hydrogens is 305 g/mol. The van der Waals surface area contributed by atoms with E-state index in [0.29, 0.717) is 12.0 Å². The number of rotatable bonds is 4. The van der Waals surface area contributed by atoms with E-state index in [1.165, 1.54) is 10.5 Å². The summed E-state index contributed by atoms with van der Waals surface area (Å²) < 4.78 is 13.4. The number of amides is 1. The van der Waals surface area contributed by atoms with Gasteiger partial charge in [-0.05, 0) is 37.2 Å². The van der Waals surface area contributed by atoms with Crippen molar-refractivity contribution in [1.29, 1.82) is 5.26 Å². The van der Waals surface area contributed by atoms with Gasteiger partial charge in [-0.1, -0.05) is 30.3 Å². The van der Waals surface area contributed by atoms with Crippen LogP contribution in [0.15, 0.2) is 30.3 Å². The quantitative estimate of drug-likeness (QED) is 0.924. The zero-order valence-corrected chi connectivity index (χ0v) is 13.8. The van der Waals surface area contributed by atoms with Gasteiger partial charge >= 0.3 is 0 Å². The molecule has 0 spiro atoms. The van der Waals surface area contributed by atoms with Gasteiger partial charge in [-0.15, -0.1) is 0 Å². The summed E-state index contributed by atoms with van der Waals surface area (Å²) in [7, 11) is 0. The number of halogens is 1. The molecule has 1 aliphatic heterocycles. The average molecular weight is 329 g/mol. The Morgan fingerprint density at radius 1 is 1.25 bits per heavy atom. The normalized spacial score (nSPS) is 30.1. The van der Waals surface area contributed by atoms with Gasteiger partial charge in [0.25, 0.3) is 0 Å². The van der Waals surface area contributed by atoms with Gasteiger partial charge in [-0.2, -0.15) is 5.26 Å². The third-order valence-electron chi connectivity index (χ3n) is 5.26. The Kier molecular flexibility index (Phi) is 5.47. The second-order valence-electron chi connectivity index (χ2n) is 6.86. The monoisotopic (exact) mass is 329 g/mol. The maximum atomic E-state index is 13.4. The second kappa shape index (κ2) is 7.76. The Balaban J connectivity index is 1.44. The van der Waals surface area contributed by atoms with Crippen molar-refractivity contribution in [3.8, 4) is 6.07 Å². The lowest BCUT2D eigenvalue weighted by Crippen LogP contribution is -2.44. The van der Waals surface area contributed by atoms with Crippen molar-refractivity contribution >= 4 is 5.91 Å². The highest BCUT2D eigenvalue weighted by Crippen LogP contribution is 2.32. The van der Waals surface area contributed by atoms with E-state index < -0.39 is 12.2 Å². The molecule has 0 radical (unpaired) electrons. The molecule has 1 heterocycles. The van der Waals surface area contributed by atoms with Gasteiger partial charge in [0.1, 0.15) is 12.2 Å². The van der Waals surface area contributed by atoms with Crippen molar-refractivity contribution in [3.63, 3.8) is 0 Å². The fourth-order valence-electron chi connectivity index (χ4n) is 3.87. The molecule has 1 aromatic rings. The summed E-state index contributed by atoms with van der Waals surface area (Å²) in [4.78, 5) is 13.6. The molecule has 0 bridgehead atoms. The highest BCUT2D eigenvalue weighted by atomic mass is 19.1. The summed E-state index contributed by atoms with van der Waals surface area (Å²) in [6, 6.07) is 12.3. The van der Waals surface area contributed by atoms with Crippen LogP contribution in [0.1, 0.15) is 43.6 Å². The number of carbonyl (C=O) groups is 1. The zero-order valence-electron chi connectivity index (χ0n) is 13.8. The minimum atomic E-state index is -1.07. The van der Waals surface area contributed by atoms with Gasteiger partial charge in [0.15, 0.2) is 0 Å². The third-order valence-corrected chi connectivity index (χ3v) is 5.26. The molecule has 2 atom stereocenters. The summed E-state index contributed by atoms with van der Waals surface area (Å²) in [6.07, 6.45) is 3.39. The Bertz CT molecular complexity index is 592. The first-order valence-electron chi connectivity index (χ1n) is 8.79. The summed E-state index contributed by atoms with van der Waals surface area (Å²) >= 11 is 0. The van der Waals surface area contributed by atoms with E-state index in [2.05, 4.69) is 29.6 Å². The lowest BCUT2D eigenvalue weighted by molar-refractivity contribution is -0.130. The molecule has 1 saturated heterocycles. The van der Waals surface area contributed by atoms with Crippen molar-refractivity contribution in [1.82, 2.24) is 10.2 Å². The Labute approximate surface area is 142 Å². The van der Waals surface area contributed by atoms with E-state index >= 15 is 0 Å². The molecule has 1 aliphatic carbocycles. The van der Waals surface area contributed by atoms with Crippen LogP contribution >= 0.6 is 0 Å². The zero-order chi connectivity index (χ0) is 16.9. The molecule has 24 heavy (non-hydrogen) atoms. The van der Waals surface area contributed by atoms with Crippen LogP contribution in [0, 0.1) is 11.3 Å². The first-order chi connectivity index (χ1) is 11.7. The highest BCUT2D eigenvalue weighted by Gasteiger charge is 2.35. The minimum Gasteiger partial charge on any atom is -0.323 e. The Morgan fingerprint density at radius 3 is 2.62 bits per heavy atom. The predicted octanol–water partition coefficient (Wildman–Crippen LogP) is 2.76. The van der Waals surface area contributed by atoms with Gasteiger partial charge in [-0.3, -0.25) is 4.79 Å². The number of nitriles is 1.